The number of piperidine rings is 1. The van der Waals surface area contributed by atoms with E-state index in [1.807, 2.05) is 47.1 Å². The predicted octanol–water partition coefficient (Wildman–Crippen LogP) is 5.47. The Morgan fingerprint density at radius 1 is 1.11 bits per heavy atom. The molecule has 2 bridgehead atoms. The highest BCUT2D eigenvalue weighted by atomic mass is 35.5. The Morgan fingerprint density at radius 3 is 2.57 bits per heavy atom. The van der Waals surface area contributed by atoms with Gasteiger partial charge in [0.05, 0.1) is 35.3 Å². The minimum Gasteiger partial charge on any atom is -0.378 e. The largest absolute Gasteiger partial charge is 0.378 e. The first kappa shape index (κ1) is 24.3. The van der Waals surface area contributed by atoms with Crippen LogP contribution in [0.15, 0.2) is 54.1 Å². The van der Waals surface area contributed by atoms with Gasteiger partial charge in [-0.3, -0.25) is 14.4 Å². The first-order valence-electron chi connectivity index (χ1n) is 12.1. The molecule has 1 amide bonds. The fourth-order valence-corrected chi connectivity index (χ4v) is 5.49. The van der Waals surface area contributed by atoms with E-state index in [0.29, 0.717) is 35.5 Å². The zero-order valence-corrected chi connectivity index (χ0v) is 21.5. The SMILES string of the molecule is CC(C)=CCn1nc(C(=O)NC2CC3COCC(C2)N3Cc2ccc(Cl)c(Cl)c2)c2ccccc21. The molecule has 0 radical (unpaired) electrons. The van der Waals surface area contributed by atoms with E-state index < -0.39 is 0 Å². The van der Waals surface area contributed by atoms with E-state index in [9.17, 15) is 4.79 Å². The summed E-state index contributed by atoms with van der Waals surface area (Å²) in [4.78, 5) is 15.8. The summed E-state index contributed by atoms with van der Waals surface area (Å²) >= 11 is 12.3. The lowest BCUT2D eigenvalue weighted by Crippen LogP contribution is -2.60. The van der Waals surface area contributed by atoms with E-state index in [4.69, 9.17) is 27.9 Å². The topological polar surface area (TPSA) is 59.4 Å². The number of halogens is 2. The highest BCUT2D eigenvalue weighted by Crippen LogP contribution is 2.31. The van der Waals surface area contributed by atoms with E-state index in [0.717, 1.165) is 35.9 Å². The van der Waals surface area contributed by atoms with Crippen molar-refractivity contribution in [2.45, 2.75) is 57.9 Å². The van der Waals surface area contributed by atoms with E-state index in [1.54, 1.807) is 0 Å². The molecule has 2 saturated heterocycles. The second-order valence-corrected chi connectivity index (χ2v) is 10.6. The number of ether oxygens (including phenoxy) is 1. The number of amides is 1. The number of carbonyl (C=O) groups is 1. The maximum absolute atomic E-state index is 13.4. The maximum atomic E-state index is 13.4. The van der Waals surface area contributed by atoms with Crippen molar-refractivity contribution in [3.8, 4) is 0 Å². The molecule has 1 N–H and O–H groups in total. The monoisotopic (exact) mass is 512 g/mol. The molecule has 5 rings (SSSR count). The number of rotatable bonds is 6. The number of allylic oxidation sites excluding steroid dienone is 2. The molecule has 1 aromatic heterocycles. The Kier molecular flexibility index (Phi) is 7.17. The minimum absolute atomic E-state index is 0.0770. The number of benzene rings is 2. The van der Waals surface area contributed by atoms with E-state index in [-0.39, 0.29) is 24.0 Å². The molecule has 184 valence electrons. The molecule has 2 atom stereocenters. The summed E-state index contributed by atoms with van der Waals surface area (Å²) in [6, 6.07) is 14.3. The predicted molar refractivity (Wildman–Crippen MR) is 140 cm³/mol. The molecule has 3 heterocycles. The maximum Gasteiger partial charge on any atom is 0.272 e. The smallest absolute Gasteiger partial charge is 0.272 e. The van der Waals surface area contributed by atoms with E-state index in [1.165, 1.54) is 5.57 Å². The molecule has 2 aromatic carbocycles. The Bertz CT molecular complexity index is 1250. The summed E-state index contributed by atoms with van der Waals surface area (Å²) in [6.07, 6.45) is 3.78. The summed E-state index contributed by atoms with van der Waals surface area (Å²) in [6.45, 7) is 6.87. The Morgan fingerprint density at radius 2 is 1.86 bits per heavy atom. The van der Waals surface area contributed by atoms with Crippen LogP contribution in [0.1, 0.15) is 42.7 Å². The van der Waals surface area contributed by atoms with Crippen molar-refractivity contribution in [3.63, 3.8) is 0 Å². The molecule has 3 aromatic rings. The lowest BCUT2D eigenvalue weighted by Gasteiger charge is -2.48. The number of carbonyl (C=O) groups excluding carboxylic acids is 1. The average Bonchev–Trinajstić information content (AvgIpc) is 3.19. The first-order valence-corrected chi connectivity index (χ1v) is 12.8. The number of nitrogens with zero attached hydrogens (tertiary/aromatic N) is 3. The summed E-state index contributed by atoms with van der Waals surface area (Å²) < 4.78 is 7.77. The zero-order chi connectivity index (χ0) is 24.5. The van der Waals surface area contributed by atoms with Crippen LogP contribution < -0.4 is 5.32 Å². The van der Waals surface area contributed by atoms with Gasteiger partial charge in [0.15, 0.2) is 5.69 Å². The number of morpholine rings is 1. The number of para-hydroxylation sites is 1. The summed E-state index contributed by atoms with van der Waals surface area (Å²) in [7, 11) is 0. The molecule has 6 nitrogen and oxygen atoms in total. The standard InChI is InChI=1S/C27H30Cl2N4O2/c1-17(2)9-10-33-25-6-4-3-5-22(25)26(31-33)27(34)30-19-12-20-15-35-16-21(13-19)32(20)14-18-7-8-23(28)24(29)11-18/h3-9,11,19-21H,10,12-16H2,1-2H3,(H,30,34). The molecular weight excluding hydrogens is 483 g/mol. The third kappa shape index (κ3) is 5.26. The Labute approximate surface area is 215 Å². The number of fused-ring (bicyclic) bond motifs is 3. The van der Waals surface area contributed by atoms with Crippen LogP contribution in [0.5, 0.6) is 0 Å². The van der Waals surface area contributed by atoms with Crippen molar-refractivity contribution in [1.82, 2.24) is 20.0 Å². The zero-order valence-electron chi connectivity index (χ0n) is 20.0. The van der Waals surface area contributed by atoms with Gasteiger partial charge >= 0.3 is 0 Å². The van der Waals surface area contributed by atoms with Crippen molar-refractivity contribution in [2.24, 2.45) is 0 Å². The van der Waals surface area contributed by atoms with Gasteiger partial charge in [-0.15, -0.1) is 0 Å². The Balaban J connectivity index is 1.30. The quantitative estimate of drug-likeness (QED) is 0.444. The van der Waals surface area contributed by atoms with Crippen LogP contribution in [-0.2, 0) is 17.8 Å². The van der Waals surface area contributed by atoms with Gasteiger partial charge in [0.1, 0.15) is 0 Å². The van der Waals surface area contributed by atoms with Gasteiger partial charge in [0, 0.05) is 30.1 Å². The number of nitrogens with one attached hydrogen (secondary N) is 1. The summed E-state index contributed by atoms with van der Waals surface area (Å²) in [5.41, 5.74) is 3.81. The van der Waals surface area contributed by atoms with Crippen molar-refractivity contribution >= 4 is 40.0 Å². The van der Waals surface area contributed by atoms with E-state index >= 15 is 0 Å². The summed E-state index contributed by atoms with van der Waals surface area (Å²) in [5, 5.41) is 9.99. The van der Waals surface area contributed by atoms with E-state index in [2.05, 4.69) is 35.2 Å². The molecular formula is C27H30Cl2N4O2. The normalized spacial score (nSPS) is 22.2. The first-order chi connectivity index (χ1) is 16.9. The number of aromatic nitrogens is 2. The van der Waals surface area contributed by atoms with Crippen molar-refractivity contribution in [2.75, 3.05) is 13.2 Å². The van der Waals surface area contributed by atoms with Crippen LogP contribution in [-0.4, -0.2) is 51.9 Å². The highest BCUT2D eigenvalue weighted by molar-refractivity contribution is 6.42. The van der Waals surface area contributed by atoms with Gasteiger partial charge in [0.2, 0.25) is 0 Å². The van der Waals surface area contributed by atoms with Crippen LogP contribution >= 0.6 is 23.2 Å². The van der Waals surface area contributed by atoms with Gasteiger partial charge in [-0.2, -0.15) is 5.10 Å². The fourth-order valence-electron chi connectivity index (χ4n) is 5.17. The van der Waals surface area contributed by atoms with Crippen molar-refractivity contribution < 1.29 is 9.53 Å². The molecule has 2 unspecified atom stereocenters. The van der Waals surface area contributed by atoms with Crippen LogP contribution in [0.4, 0.5) is 0 Å². The second kappa shape index (κ2) is 10.3. The van der Waals surface area contributed by atoms with Crippen LogP contribution in [0, 0.1) is 0 Å². The van der Waals surface area contributed by atoms with Crippen LogP contribution in [0.3, 0.4) is 0 Å². The molecule has 35 heavy (non-hydrogen) atoms. The third-order valence-electron chi connectivity index (χ3n) is 6.90. The van der Waals surface area contributed by atoms with Crippen molar-refractivity contribution in [3.05, 3.63) is 75.4 Å². The number of hydrogen-bond donors (Lipinski definition) is 1. The minimum atomic E-state index is -0.112. The molecule has 2 fully saturated rings. The summed E-state index contributed by atoms with van der Waals surface area (Å²) in [5.74, 6) is -0.112. The van der Waals surface area contributed by atoms with Gasteiger partial charge in [-0.1, -0.05) is 59.1 Å². The van der Waals surface area contributed by atoms with Gasteiger partial charge in [0.25, 0.3) is 5.91 Å². The molecule has 2 aliphatic heterocycles. The van der Waals surface area contributed by atoms with Gasteiger partial charge < -0.3 is 10.1 Å². The fraction of sp³-hybridized carbons (Fsp3) is 0.407. The molecule has 0 saturated carbocycles. The lowest BCUT2D eigenvalue weighted by molar-refractivity contribution is -0.0843. The molecule has 2 aliphatic rings. The third-order valence-corrected chi connectivity index (χ3v) is 7.64. The number of hydrogen-bond acceptors (Lipinski definition) is 4. The van der Waals surface area contributed by atoms with Crippen LogP contribution in [0.2, 0.25) is 10.0 Å². The molecule has 0 aliphatic carbocycles. The average molecular weight is 513 g/mol. The lowest BCUT2D eigenvalue weighted by atomic mass is 9.89. The van der Waals surface area contributed by atoms with Crippen molar-refractivity contribution in [1.29, 1.82) is 0 Å². The second-order valence-electron chi connectivity index (χ2n) is 9.74. The van der Waals surface area contributed by atoms with Crippen LogP contribution in [0.25, 0.3) is 10.9 Å². The molecule has 0 spiro atoms. The highest BCUT2D eigenvalue weighted by Gasteiger charge is 2.39. The van der Waals surface area contributed by atoms with Gasteiger partial charge in [-0.25, -0.2) is 0 Å². The van der Waals surface area contributed by atoms with Gasteiger partial charge in [-0.05, 0) is 50.5 Å². The Hall–Kier alpha value is -2.38. The molecule has 8 heteroatoms.